The Morgan fingerprint density at radius 2 is 2.23 bits per heavy atom. The minimum absolute atomic E-state index is 0.117. The highest BCUT2D eigenvalue weighted by Crippen LogP contribution is 2.26. The number of hydroxylamine groups is 1. The molecule has 1 amide bonds. The quantitative estimate of drug-likeness (QED) is 0.788. The van der Waals surface area contributed by atoms with Crippen molar-refractivity contribution in [2.24, 2.45) is 0 Å². The summed E-state index contributed by atoms with van der Waals surface area (Å²) in [6.07, 6.45) is 0. The smallest absolute Gasteiger partial charge is 0.259 e. The van der Waals surface area contributed by atoms with E-state index in [1.807, 2.05) is 13.8 Å². The Morgan fingerprint density at radius 3 is 2.91 bits per heavy atom. The number of nitrogens with one attached hydrogen (secondary N) is 2. The van der Waals surface area contributed by atoms with E-state index in [4.69, 9.17) is 4.84 Å². The van der Waals surface area contributed by atoms with E-state index in [1.165, 1.54) is 23.1 Å². The zero-order valence-corrected chi connectivity index (χ0v) is 14.6. The van der Waals surface area contributed by atoms with E-state index in [1.54, 1.807) is 13.8 Å². The molecule has 0 radical (unpaired) electrons. The number of thioether (sulfide) groups is 1. The second-order valence-electron chi connectivity index (χ2n) is 4.83. The average Bonchev–Trinajstić information content (AvgIpc) is 2.77. The average molecular weight is 341 g/mol. The highest BCUT2D eigenvalue weighted by atomic mass is 32.2. The van der Waals surface area contributed by atoms with Gasteiger partial charge in [-0.15, -0.1) is 23.1 Å². The number of aromatic amines is 1. The van der Waals surface area contributed by atoms with Crippen LogP contribution in [0.2, 0.25) is 0 Å². The molecule has 0 aliphatic rings. The lowest BCUT2D eigenvalue weighted by molar-refractivity contribution is -0.132. The molecule has 0 aliphatic carbocycles. The first-order valence-corrected chi connectivity index (χ1v) is 8.82. The molecule has 2 N–H and O–H groups in total. The van der Waals surface area contributed by atoms with Crippen LogP contribution < -0.4 is 11.0 Å². The molecule has 0 fully saturated rings. The molecule has 2 heterocycles. The summed E-state index contributed by atoms with van der Waals surface area (Å²) < 4.78 is 0. The van der Waals surface area contributed by atoms with Crippen LogP contribution in [-0.2, 0) is 15.4 Å². The predicted molar refractivity (Wildman–Crippen MR) is 90.2 cm³/mol. The van der Waals surface area contributed by atoms with Gasteiger partial charge in [-0.3, -0.25) is 14.4 Å². The number of carbonyl (C=O) groups is 1. The summed E-state index contributed by atoms with van der Waals surface area (Å²) in [5, 5.41) is 0.373. The normalized spacial score (nSPS) is 12.5. The molecule has 1 atom stereocenters. The summed E-state index contributed by atoms with van der Waals surface area (Å²) in [5.41, 5.74) is 3.24. The minimum Gasteiger partial charge on any atom is -0.309 e. The van der Waals surface area contributed by atoms with E-state index >= 15 is 0 Å². The lowest BCUT2D eigenvalue weighted by atomic mass is 10.2. The van der Waals surface area contributed by atoms with Gasteiger partial charge in [0, 0.05) is 4.88 Å². The molecular weight excluding hydrogens is 322 g/mol. The van der Waals surface area contributed by atoms with Gasteiger partial charge in [-0.2, -0.15) is 0 Å². The second-order valence-corrected chi connectivity index (χ2v) is 7.36. The van der Waals surface area contributed by atoms with Crippen LogP contribution in [0.15, 0.2) is 4.79 Å². The maximum atomic E-state index is 12.2. The molecule has 2 aromatic heterocycles. The first kappa shape index (κ1) is 17.0. The number of thiophene rings is 1. The van der Waals surface area contributed by atoms with Gasteiger partial charge in [0.25, 0.3) is 11.5 Å². The van der Waals surface area contributed by atoms with Gasteiger partial charge in [-0.25, -0.2) is 10.5 Å². The van der Waals surface area contributed by atoms with Crippen molar-refractivity contribution < 1.29 is 9.63 Å². The highest BCUT2D eigenvalue weighted by molar-refractivity contribution is 7.99. The lowest BCUT2D eigenvalue weighted by Gasteiger charge is -2.10. The summed E-state index contributed by atoms with van der Waals surface area (Å²) in [4.78, 5) is 37.9. The topological polar surface area (TPSA) is 84.1 Å². The monoisotopic (exact) mass is 341 g/mol. The third-order valence-corrected chi connectivity index (χ3v) is 5.50. The van der Waals surface area contributed by atoms with Crippen molar-refractivity contribution in [1.29, 1.82) is 0 Å². The number of aryl methyl sites for hydroxylation is 2. The van der Waals surface area contributed by atoms with E-state index in [0.717, 1.165) is 15.3 Å². The molecule has 2 aromatic rings. The Morgan fingerprint density at radius 1 is 1.50 bits per heavy atom. The van der Waals surface area contributed by atoms with Crippen molar-refractivity contribution in [3.8, 4) is 0 Å². The number of H-pyrrole nitrogens is 1. The number of nitrogens with zero attached hydrogens (tertiary/aromatic N) is 1. The standard InChI is InChI=1S/C14H19N3O3S2/c1-5-20-17-12(18)9(4)21-6-10-15-13(19)11-7(2)8(3)22-14(11)16-10/h9H,5-6H2,1-4H3,(H,17,18)(H,15,16,19). The first-order chi connectivity index (χ1) is 10.4. The van der Waals surface area contributed by atoms with E-state index in [9.17, 15) is 9.59 Å². The maximum absolute atomic E-state index is 12.2. The van der Waals surface area contributed by atoms with Gasteiger partial charge in [0.05, 0.1) is 23.0 Å². The fourth-order valence-corrected chi connectivity index (χ4v) is 3.67. The maximum Gasteiger partial charge on any atom is 0.259 e. The van der Waals surface area contributed by atoms with Crippen LogP contribution in [0.4, 0.5) is 0 Å². The third kappa shape index (κ3) is 3.68. The summed E-state index contributed by atoms with van der Waals surface area (Å²) in [5.74, 6) is 0.847. The summed E-state index contributed by atoms with van der Waals surface area (Å²) in [6.45, 7) is 7.92. The molecule has 8 heteroatoms. The number of rotatable bonds is 6. The van der Waals surface area contributed by atoms with Crippen LogP contribution in [0.1, 0.15) is 30.1 Å². The number of aromatic nitrogens is 2. The SMILES string of the molecule is CCONC(=O)C(C)SCc1nc2sc(C)c(C)c2c(=O)[nH]1. The van der Waals surface area contributed by atoms with Gasteiger partial charge in [-0.1, -0.05) is 0 Å². The van der Waals surface area contributed by atoms with Gasteiger partial charge in [-0.05, 0) is 33.3 Å². The van der Waals surface area contributed by atoms with E-state index < -0.39 is 0 Å². The van der Waals surface area contributed by atoms with Crippen LogP contribution in [0.3, 0.4) is 0 Å². The molecule has 1 unspecified atom stereocenters. The molecule has 120 valence electrons. The molecule has 0 aromatic carbocycles. The number of amides is 1. The van der Waals surface area contributed by atoms with Crippen molar-refractivity contribution in [2.45, 2.75) is 38.7 Å². The molecule has 2 rings (SSSR count). The molecule has 0 bridgehead atoms. The number of hydrogen-bond acceptors (Lipinski definition) is 6. The summed E-state index contributed by atoms with van der Waals surface area (Å²) >= 11 is 2.92. The number of carbonyl (C=O) groups excluding carboxylic acids is 1. The molecule has 0 aliphatic heterocycles. The van der Waals surface area contributed by atoms with Crippen LogP contribution in [0, 0.1) is 13.8 Å². The van der Waals surface area contributed by atoms with Gasteiger partial charge in [0.15, 0.2) is 0 Å². The van der Waals surface area contributed by atoms with Crippen LogP contribution >= 0.6 is 23.1 Å². The molecule has 0 saturated heterocycles. The Hall–Kier alpha value is -1.38. The summed E-state index contributed by atoms with van der Waals surface area (Å²) in [7, 11) is 0. The van der Waals surface area contributed by atoms with Gasteiger partial charge >= 0.3 is 0 Å². The second kappa shape index (κ2) is 7.26. The van der Waals surface area contributed by atoms with Gasteiger partial charge < -0.3 is 4.98 Å². The highest BCUT2D eigenvalue weighted by Gasteiger charge is 2.16. The van der Waals surface area contributed by atoms with Gasteiger partial charge in [0.1, 0.15) is 10.7 Å². The number of hydrogen-bond donors (Lipinski definition) is 2. The molecule has 22 heavy (non-hydrogen) atoms. The van der Waals surface area contributed by atoms with Crippen molar-refractivity contribution in [3.05, 3.63) is 26.6 Å². The van der Waals surface area contributed by atoms with Crippen molar-refractivity contribution in [2.75, 3.05) is 6.61 Å². The molecule has 6 nitrogen and oxygen atoms in total. The van der Waals surface area contributed by atoms with Gasteiger partial charge in [0.2, 0.25) is 0 Å². The van der Waals surface area contributed by atoms with Crippen molar-refractivity contribution in [1.82, 2.24) is 15.4 Å². The van der Waals surface area contributed by atoms with Crippen LogP contribution in [0.5, 0.6) is 0 Å². The largest absolute Gasteiger partial charge is 0.309 e. The summed E-state index contributed by atoms with van der Waals surface area (Å²) in [6, 6.07) is 0. The van der Waals surface area contributed by atoms with Crippen molar-refractivity contribution in [3.63, 3.8) is 0 Å². The predicted octanol–water partition coefficient (Wildman–Crippen LogP) is 2.29. The first-order valence-electron chi connectivity index (χ1n) is 6.96. The zero-order valence-electron chi connectivity index (χ0n) is 13.0. The van der Waals surface area contributed by atoms with Crippen LogP contribution in [-0.4, -0.2) is 27.7 Å². The fraction of sp³-hybridized carbons (Fsp3) is 0.500. The molecule has 0 saturated carbocycles. The zero-order chi connectivity index (χ0) is 16.3. The van der Waals surface area contributed by atoms with E-state index in [0.29, 0.717) is 23.6 Å². The van der Waals surface area contributed by atoms with E-state index in [2.05, 4.69) is 15.4 Å². The molecular formula is C14H19N3O3S2. The Kier molecular flexibility index (Phi) is 5.60. The van der Waals surface area contributed by atoms with E-state index in [-0.39, 0.29) is 16.7 Å². The van der Waals surface area contributed by atoms with Crippen molar-refractivity contribution >= 4 is 39.2 Å². The fourth-order valence-electron chi connectivity index (χ4n) is 1.87. The Balaban J connectivity index is 2.09. The van der Waals surface area contributed by atoms with Crippen LogP contribution in [0.25, 0.3) is 10.2 Å². The lowest BCUT2D eigenvalue weighted by Crippen LogP contribution is -2.31. The Bertz CT molecular complexity index is 739. The minimum atomic E-state index is -0.292. The molecule has 0 spiro atoms. The third-order valence-electron chi connectivity index (χ3n) is 3.24. The number of fused-ring (bicyclic) bond motifs is 1. The Labute approximate surface area is 136 Å².